The van der Waals surface area contributed by atoms with E-state index in [0.29, 0.717) is 11.8 Å². The predicted octanol–water partition coefficient (Wildman–Crippen LogP) is 5.22. The van der Waals surface area contributed by atoms with Crippen molar-refractivity contribution in [2.45, 2.75) is 72.8 Å². The van der Waals surface area contributed by atoms with E-state index in [4.69, 9.17) is 9.84 Å². The van der Waals surface area contributed by atoms with Gasteiger partial charge in [-0.3, -0.25) is 0 Å². The molecule has 0 heterocycles. The Labute approximate surface area is 136 Å². The van der Waals surface area contributed by atoms with E-state index in [1.807, 2.05) is 13.0 Å². The van der Waals surface area contributed by atoms with Crippen LogP contribution in [0, 0.1) is 11.8 Å². The highest BCUT2D eigenvalue weighted by molar-refractivity contribution is 5.81. The molecular weight excluding hydrogens is 276 g/mol. The Morgan fingerprint density at radius 2 is 1.91 bits per heavy atom. The number of allylic oxidation sites excluding steroid dienone is 3. The standard InChI is InChI=1S/C19H34O3/c1-15(2)14-22-19(5,6)12-8-11-16(3)9-7-10-17(4)13-18(20)21/h7,10,13,15-16H,8-9,11-12,14H2,1-6H3,(H,20,21). The van der Waals surface area contributed by atoms with Crippen molar-refractivity contribution in [2.75, 3.05) is 6.61 Å². The van der Waals surface area contributed by atoms with Crippen molar-refractivity contribution in [3.63, 3.8) is 0 Å². The summed E-state index contributed by atoms with van der Waals surface area (Å²) in [6, 6.07) is 0. The fourth-order valence-corrected chi connectivity index (χ4v) is 2.19. The smallest absolute Gasteiger partial charge is 0.328 e. The summed E-state index contributed by atoms with van der Waals surface area (Å²) >= 11 is 0. The van der Waals surface area contributed by atoms with Gasteiger partial charge in [-0.05, 0) is 51.0 Å². The van der Waals surface area contributed by atoms with Crippen molar-refractivity contribution in [3.8, 4) is 0 Å². The van der Waals surface area contributed by atoms with Gasteiger partial charge in [0.1, 0.15) is 0 Å². The summed E-state index contributed by atoms with van der Waals surface area (Å²) in [5.74, 6) is 0.291. The van der Waals surface area contributed by atoms with E-state index in [-0.39, 0.29) is 5.60 Å². The van der Waals surface area contributed by atoms with Crippen LogP contribution in [0.4, 0.5) is 0 Å². The Hall–Kier alpha value is -1.09. The van der Waals surface area contributed by atoms with E-state index in [9.17, 15) is 4.79 Å². The highest BCUT2D eigenvalue weighted by atomic mass is 16.5. The van der Waals surface area contributed by atoms with Gasteiger partial charge in [0.05, 0.1) is 5.60 Å². The number of hydrogen-bond acceptors (Lipinski definition) is 2. The zero-order valence-corrected chi connectivity index (χ0v) is 15.2. The summed E-state index contributed by atoms with van der Waals surface area (Å²) < 4.78 is 5.95. The summed E-state index contributed by atoms with van der Waals surface area (Å²) in [4.78, 5) is 10.5. The molecule has 1 N–H and O–H groups in total. The molecule has 0 bridgehead atoms. The first-order valence-electron chi connectivity index (χ1n) is 8.34. The molecule has 0 saturated heterocycles. The summed E-state index contributed by atoms with van der Waals surface area (Å²) in [7, 11) is 0. The molecule has 0 radical (unpaired) electrons. The van der Waals surface area contributed by atoms with Gasteiger partial charge >= 0.3 is 5.97 Å². The van der Waals surface area contributed by atoms with Gasteiger partial charge in [0.25, 0.3) is 0 Å². The molecule has 3 nitrogen and oxygen atoms in total. The predicted molar refractivity (Wildman–Crippen MR) is 93.0 cm³/mol. The van der Waals surface area contributed by atoms with E-state index in [2.05, 4.69) is 40.7 Å². The minimum absolute atomic E-state index is 0.0410. The average Bonchev–Trinajstić information content (AvgIpc) is 2.35. The molecule has 1 unspecified atom stereocenters. The van der Waals surface area contributed by atoms with Gasteiger partial charge in [-0.25, -0.2) is 4.79 Å². The Balaban J connectivity index is 3.97. The first-order chi connectivity index (χ1) is 10.1. The van der Waals surface area contributed by atoms with Crippen LogP contribution in [0.3, 0.4) is 0 Å². The van der Waals surface area contributed by atoms with Crippen LogP contribution in [-0.2, 0) is 9.53 Å². The summed E-state index contributed by atoms with van der Waals surface area (Å²) in [6.07, 6.45) is 9.57. The third-order valence-corrected chi connectivity index (χ3v) is 3.55. The number of carbonyl (C=O) groups is 1. The van der Waals surface area contributed by atoms with Crippen LogP contribution in [-0.4, -0.2) is 23.3 Å². The van der Waals surface area contributed by atoms with Gasteiger partial charge in [-0.15, -0.1) is 0 Å². The van der Waals surface area contributed by atoms with E-state index >= 15 is 0 Å². The molecule has 128 valence electrons. The molecule has 0 aromatic heterocycles. The maximum absolute atomic E-state index is 10.5. The Kier molecular flexibility index (Phi) is 10.1. The molecular formula is C19H34O3. The molecule has 0 aliphatic carbocycles. The second-order valence-corrected chi connectivity index (χ2v) is 7.33. The Morgan fingerprint density at radius 3 is 2.45 bits per heavy atom. The molecule has 0 saturated carbocycles. The van der Waals surface area contributed by atoms with Crippen LogP contribution in [0.1, 0.15) is 67.2 Å². The fourth-order valence-electron chi connectivity index (χ4n) is 2.19. The quantitative estimate of drug-likeness (QED) is 0.420. The maximum Gasteiger partial charge on any atom is 0.328 e. The van der Waals surface area contributed by atoms with Gasteiger partial charge in [0.2, 0.25) is 0 Å². The lowest BCUT2D eigenvalue weighted by Gasteiger charge is -2.27. The van der Waals surface area contributed by atoms with Gasteiger partial charge < -0.3 is 9.84 Å². The largest absolute Gasteiger partial charge is 0.478 e. The molecule has 3 heteroatoms. The second-order valence-electron chi connectivity index (χ2n) is 7.33. The van der Waals surface area contributed by atoms with Gasteiger partial charge in [0.15, 0.2) is 0 Å². The molecule has 0 aliphatic rings. The van der Waals surface area contributed by atoms with E-state index in [1.165, 1.54) is 12.5 Å². The van der Waals surface area contributed by atoms with Crippen LogP contribution in [0.15, 0.2) is 23.8 Å². The zero-order chi connectivity index (χ0) is 17.2. The van der Waals surface area contributed by atoms with Gasteiger partial charge in [0, 0.05) is 12.7 Å². The number of aliphatic carboxylic acids is 1. The van der Waals surface area contributed by atoms with Crippen LogP contribution < -0.4 is 0 Å². The highest BCUT2D eigenvalue weighted by Crippen LogP contribution is 2.22. The molecule has 22 heavy (non-hydrogen) atoms. The molecule has 1 atom stereocenters. The van der Waals surface area contributed by atoms with Crippen LogP contribution in [0.5, 0.6) is 0 Å². The minimum Gasteiger partial charge on any atom is -0.478 e. The number of carboxylic acid groups (broad SMARTS) is 1. The van der Waals surface area contributed by atoms with Crippen molar-refractivity contribution in [1.29, 1.82) is 0 Å². The fraction of sp³-hybridized carbons (Fsp3) is 0.737. The molecule has 0 aromatic rings. The maximum atomic E-state index is 10.5. The Bertz CT molecular complexity index is 378. The van der Waals surface area contributed by atoms with Crippen molar-refractivity contribution in [3.05, 3.63) is 23.8 Å². The molecule has 0 aromatic carbocycles. The monoisotopic (exact) mass is 310 g/mol. The molecule has 0 spiro atoms. The molecule has 0 amide bonds. The summed E-state index contributed by atoms with van der Waals surface area (Å²) in [5, 5.41) is 8.64. The highest BCUT2D eigenvalue weighted by Gasteiger charge is 2.18. The minimum atomic E-state index is -0.890. The van der Waals surface area contributed by atoms with E-state index in [1.54, 1.807) is 0 Å². The summed E-state index contributed by atoms with van der Waals surface area (Å²) in [5.41, 5.74) is 0.739. The van der Waals surface area contributed by atoms with Crippen molar-refractivity contribution in [2.24, 2.45) is 11.8 Å². The van der Waals surface area contributed by atoms with Crippen LogP contribution in [0.2, 0.25) is 0 Å². The number of carboxylic acids is 1. The molecule has 0 aliphatic heterocycles. The first kappa shape index (κ1) is 20.9. The van der Waals surface area contributed by atoms with Gasteiger partial charge in [-0.2, -0.15) is 0 Å². The number of ether oxygens (including phenoxy) is 1. The molecule has 0 rings (SSSR count). The van der Waals surface area contributed by atoms with Crippen molar-refractivity contribution < 1.29 is 14.6 Å². The zero-order valence-electron chi connectivity index (χ0n) is 15.2. The van der Waals surface area contributed by atoms with Gasteiger partial charge in [-0.1, -0.05) is 45.8 Å². The molecule has 0 fully saturated rings. The van der Waals surface area contributed by atoms with Crippen molar-refractivity contribution >= 4 is 5.97 Å². The number of rotatable bonds is 11. The SMILES string of the molecule is CC(C=CCC(C)CCCC(C)(C)OCC(C)C)=CC(=O)O. The number of hydrogen-bond donors (Lipinski definition) is 1. The van der Waals surface area contributed by atoms with Crippen LogP contribution >= 0.6 is 0 Å². The van der Waals surface area contributed by atoms with Crippen molar-refractivity contribution in [1.82, 2.24) is 0 Å². The first-order valence-corrected chi connectivity index (χ1v) is 8.34. The normalized spacial score (nSPS) is 14.8. The Morgan fingerprint density at radius 1 is 1.27 bits per heavy atom. The van der Waals surface area contributed by atoms with E-state index in [0.717, 1.165) is 31.4 Å². The van der Waals surface area contributed by atoms with E-state index < -0.39 is 5.97 Å². The third-order valence-electron chi connectivity index (χ3n) is 3.55. The summed E-state index contributed by atoms with van der Waals surface area (Å²) in [6.45, 7) is 13.5. The average molecular weight is 310 g/mol. The topological polar surface area (TPSA) is 46.5 Å². The lowest BCUT2D eigenvalue weighted by atomic mass is 9.94. The third kappa shape index (κ3) is 12.6. The lowest BCUT2D eigenvalue weighted by molar-refractivity contribution is -0.131. The van der Waals surface area contributed by atoms with Crippen LogP contribution in [0.25, 0.3) is 0 Å². The second kappa shape index (κ2) is 10.6. The lowest BCUT2D eigenvalue weighted by Crippen LogP contribution is -2.26.